The van der Waals surface area contributed by atoms with Gasteiger partial charge < -0.3 is 4.57 Å². The van der Waals surface area contributed by atoms with E-state index in [0.29, 0.717) is 6.16 Å². The molecule has 0 N–H and O–H groups in total. The fourth-order valence-corrected chi connectivity index (χ4v) is 6.68. The van der Waals surface area contributed by atoms with E-state index in [4.69, 9.17) is 4.98 Å². The monoisotopic (exact) mass is 338 g/mol. The molecule has 0 aliphatic heterocycles. The first kappa shape index (κ1) is 20.4. The summed E-state index contributed by atoms with van der Waals surface area (Å²) < 4.78 is 13.8. The first-order valence-electron chi connectivity index (χ1n) is 8.71. The number of hydrogen-bond donors (Lipinski definition) is 0. The van der Waals surface area contributed by atoms with Crippen molar-refractivity contribution in [1.82, 2.24) is 9.88 Å². The van der Waals surface area contributed by atoms with Crippen LogP contribution in [0.25, 0.3) is 0 Å². The first-order valence-corrected chi connectivity index (χ1v) is 10.6. The van der Waals surface area contributed by atoms with Crippen molar-refractivity contribution in [3.63, 3.8) is 0 Å². The van der Waals surface area contributed by atoms with Crippen LogP contribution >= 0.6 is 7.14 Å². The van der Waals surface area contributed by atoms with Crippen molar-refractivity contribution in [1.29, 1.82) is 0 Å². The Morgan fingerprint density at radius 2 is 1.43 bits per heavy atom. The Balaban J connectivity index is 3.10. The molecule has 0 saturated carbocycles. The van der Waals surface area contributed by atoms with Crippen molar-refractivity contribution in [2.24, 2.45) is 0 Å². The minimum atomic E-state index is -2.45. The van der Waals surface area contributed by atoms with Crippen LogP contribution in [0.2, 0.25) is 0 Å². The van der Waals surface area contributed by atoms with Gasteiger partial charge in [-0.05, 0) is 25.2 Å². The molecule has 0 fully saturated rings. The van der Waals surface area contributed by atoms with E-state index in [1.54, 1.807) is 0 Å². The molecule has 0 aliphatic rings. The van der Waals surface area contributed by atoms with Crippen LogP contribution in [0, 0.1) is 0 Å². The van der Waals surface area contributed by atoms with E-state index < -0.39 is 7.14 Å². The van der Waals surface area contributed by atoms with Crippen LogP contribution in [-0.2, 0) is 17.3 Å². The lowest BCUT2D eigenvalue weighted by molar-refractivity contribution is 0.292. The molecule has 0 aliphatic carbocycles. The first-order chi connectivity index (χ1) is 10.4. The van der Waals surface area contributed by atoms with Gasteiger partial charge in [0, 0.05) is 28.7 Å². The Morgan fingerprint density at radius 3 is 1.87 bits per heavy atom. The average Bonchev–Trinajstić information content (AvgIpc) is 2.42. The molecule has 0 aromatic carbocycles. The van der Waals surface area contributed by atoms with Gasteiger partial charge >= 0.3 is 0 Å². The van der Waals surface area contributed by atoms with Crippen molar-refractivity contribution in [3.05, 3.63) is 29.6 Å². The summed E-state index contributed by atoms with van der Waals surface area (Å²) in [5.41, 5.74) is 2.03. The molecule has 0 radical (unpaired) electrons. The van der Waals surface area contributed by atoms with Gasteiger partial charge in [-0.1, -0.05) is 61.5 Å². The highest BCUT2D eigenvalue weighted by Gasteiger charge is 2.46. The molecule has 0 bridgehead atoms. The summed E-state index contributed by atoms with van der Waals surface area (Å²) in [6.45, 7) is 19.8. The number of nitrogens with zero attached hydrogens (tertiary/aromatic N) is 2. The van der Waals surface area contributed by atoms with E-state index in [-0.39, 0.29) is 10.3 Å². The molecule has 132 valence electrons. The van der Waals surface area contributed by atoms with E-state index in [0.717, 1.165) is 31.0 Å². The van der Waals surface area contributed by atoms with Gasteiger partial charge in [0.2, 0.25) is 0 Å². The zero-order valence-electron chi connectivity index (χ0n) is 16.3. The van der Waals surface area contributed by atoms with E-state index in [9.17, 15) is 4.57 Å². The number of rotatable bonds is 6. The summed E-state index contributed by atoms with van der Waals surface area (Å²) >= 11 is 0. The summed E-state index contributed by atoms with van der Waals surface area (Å²) in [5.74, 6) is 0. The topological polar surface area (TPSA) is 33.2 Å². The molecule has 23 heavy (non-hydrogen) atoms. The SMILES string of the molecule is CCN(CC)Cc1cccc(CP(=O)(C(C)(C)C)C(C)(C)C)n1. The Bertz CT molecular complexity index is 533. The van der Waals surface area contributed by atoms with E-state index in [2.05, 4.69) is 72.4 Å². The van der Waals surface area contributed by atoms with E-state index in [1.807, 2.05) is 6.07 Å². The molecule has 1 aromatic rings. The van der Waals surface area contributed by atoms with Crippen LogP contribution in [0.4, 0.5) is 0 Å². The van der Waals surface area contributed by atoms with Crippen LogP contribution in [0.15, 0.2) is 18.2 Å². The Morgan fingerprint density at radius 1 is 0.957 bits per heavy atom. The van der Waals surface area contributed by atoms with Gasteiger partial charge in [-0.2, -0.15) is 0 Å². The highest BCUT2D eigenvalue weighted by atomic mass is 31.2. The molecule has 4 heteroatoms. The Labute approximate surface area is 143 Å². The molecular formula is C19H35N2OP. The van der Waals surface area contributed by atoms with Gasteiger partial charge in [0.05, 0.1) is 5.69 Å². The van der Waals surface area contributed by atoms with Crippen LogP contribution in [0.3, 0.4) is 0 Å². The standard InChI is InChI=1S/C19H35N2OP/c1-9-21(10-2)14-16-12-11-13-17(20-16)15-23(22,18(3,4)5)19(6,7)8/h11-13H,9-10,14-15H2,1-8H3. The molecule has 1 aromatic heterocycles. The number of aromatic nitrogens is 1. The maximum atomic E-state index is 13.8. The van der Waals surface area contributed by atoms with Gasteiger partial charge in [-0.3, -0.25) is 9.88 Å². The third kappa shape index (κ3) is 4.90. The second-order valence-corrected chi connectivity index (χ2v) is 12.8. The normalized spacial score (nSPS) is 13.6. The lowest BCUT2D eigenvalue weighted by Gasteiger charge is -2.41. The van der Waals surface area contributed by atoms with Gasteiger partial charge in [0.25, 0.3) is 0 Å². The fourth-order valence-electron chi connectivity index (χ4n) is 3.09. The van der Waals surface area contributed by atoms with Gasteiger partial charge in [-0.25, -0.2) is 0 Å². The van der Waals surface area contributed by atoms with Crippen molar-refractivity contribution in [2.75, 3.05) is 13.1 Å². The van der Waals surface area contributed by atoms with Crippen molar-refractivity contribution in [2.45, 2.75) is 78.4 Å². The lowest BCUT2D eigenvalue weighted by atomic mass is 10.2. The van der Waals surface area contributed by atoms with Crippen LogP contribution in [0.1, 0.15) is 66.8 Å². The minimum Gasteiger partial charge on any atom is -0.322 e. The largest absolute Gasteiger partial charge is 0.322 e. The summed E-state index contributed by atoms with van der Waals surface area (Å²) in [4.78, 5) is 7.15. The van der Waals surface area contributed by atoms with Crippen LogP contribution in [-0.4, -0.2) is 33.3 Å². The summed E-state index contributed by atoms with van der Waals surface area (Å²) in [6, 6.07) is 6.15. The molecule has 0 amide bonds. The smallest absolute Gasteiger partial charge is 0.103 e. The summed E-state index contributed by atoms with van der Waals surface area (Å²) in [7, 11) is -2.45. The third-order valence-electron chi connectivity index (χ3n) is 4.70. The summed E-state index contributed by atoms with van der Waals surface area (Å²) in [5, 5.41) is -0.441. The Hall–Kier alpha value is -0.660. The molecule has 0 atom stereocenters. The molecule has 0 saturated heterocycles. The van der Waals surface area contributed by atoms with Crippen LogP contribution in [0.5, 0.6) is 0 Å². The minimum absolute atomic E-state index is 0.220. The average molecular weight is 338 g/mol. The van der Waals surface area contributed by atoms with Crippen molar-refractivity contribution < 1.29 is 4.57 Å². The molecule has 1 heterocycles. The molecule has 0 spiro atoms. The molecule has 1 rings (SSSR count). The van der Waals surface area contributed by atoms with E-state index >= 15 is 0 Å². The molecule has 0 unspecified atom stereocenters. The Kier molecular flexibility index (Phi) is 6.64. The maximum absolute atomic E-state index is 13.8. The zero-order chi connectivity index (χ0) is 17.9. The highest BCUT2D eigenvalue weighted by molar-refractivity contribution is 7.66. The van der Waals surface area contributed by atoms with Crippen molar-refractivity contribution >= 4 is 7.14 Å². The van der Waals surface area contributed by atoms with Crippen molar-refractivity contribution in [3.8, 4) is 0 Å². The quantitative estimate of drug-likeness (QED) is 0.653. The number of pyridine rings is 1. The second kappa shape index (κ2) is 7.49. The van der Waals surface area contributed by atoms with E-state index in [1.165, 1.54) is 0 Å². The maximum Gasteiger partial charge on any atom is 0.103 e. The fraction of sp³-hybridized carbons (Fsp3) is 0.737. The second-order valence-electron chi connectivity index (χ2n) is 8.32. The van der Waals surface area contributed by atoms with Gasteiger partial charge in [0.1, 0.15) is 7.14 Å². The third-order valence-corrected chi connectivity index (χ3v) is 9.80. The molecular weight excluding hydrogens is 303 g/mol. The molecule has 3 nitrogen and oxygen atoms in total. The highest BCUT2D eigenvalue weighted by Crippen LogP contribution is 2.68. The summed E-state index contributed by atoms with van der Waals surface area (Å²) in [6.07, 6.45) is 0.575. The predicted octanol–water partition coefficient (Wildman–Crippen LogP) is 5.38. The van der Waals surface area contributed by atoms with Crippen LogP contribution < -0.4 is 0 Å². The number of hydrogen-bond acceptors (Lipinski definition) is 3. The zero-order valence-corrected chi connectivity index (χ0v) is 17.2. The predicted molar refractivity (Wildman–Crippen MR) is 102 cm³/mol. The van der Waals surface area contributed by atoms with Gasteiger partial charge in [0.15, 0.2) is 0 Å². The lowest BCUT2D eigenvalue weighted by Crippen LogP contribution is -2.30. The van der Waals surface area contributed by atoms with Gasteiger partial charge in [-0.15, -0.1) is 0 Å².